The van der Waals surface area contributed by atoms with Crippen molar-refractivity contribution in [3.8, 4) is 17.2 Å². The quantitative estimate of drug-likeness (QED) is 0.198. The van der Waals surface area contributed by atoms with Gasteiger partial charge in [-0.15, -0.1) is 0 Å². The molecule has 10 nitrogen and oxygen atoms in total. The molecule has 4 rings (SSSR count). The molecule has 44 heavy (non-hydrogen) atoms. The van der Waals surface area contributed by atoms with Crippen LogP contribution in [0.25, 0.3) is 0 Å². The van der Waals surface area contributed by atoms with E-state index in [1.807, 2.05) is 60.7 Å². The normalized spacial score (nSPS) is 16.0. The van der Waals surface area contributed by atoms with E-state index in [0.717, 1.165) is 31.2 Å². The number of carbonyl (C=O) groups is 3. The summed E-state index contributed by atoms with van der Waals surface area (Å²) in [7, 11) is 0. The zero-order valence-corrected chi connectivity index (χ0v) is 25.1. The van der Waals surface area contributed by atoms with Gasteiger partial charge in [-0.05, 0) is 54.8 Å². The third kappa shape index (κ3) is 10.8. The fourth-order valence-corrected chi connectivity index (χ4v) is 4.75. The number of hydrogen-bond acceptors (Lipinski definition) is 7. The van der Waals surface area contributed by atoms with Crippen LogP contribution in [-0.4, -0.2) is 49.1 Å². The summed E-state index contributed by atoms with van der Waals surface area (Å²) in [6.45, 7) is 3.39. The molecule has 1 aliphatic heterocycles. The molecule has 1 saturated heterocycles. The summed E-state index contributed by atoms with van der Waals surface area (Å²) in [6.07, 6.45) is 2.38. The first kappa shape index (κ1) is 32.2. The van der Waals surface area contributed by atoms with Crippen LogP contribution < -0.4 is 20.1 Å². The van der Waals surface area contributed by atoms with Crippen molar-refractivity contribution in [3.05, 3.63) is 90.5 Å². The average molecular weight is 604 g/mol. The molecule has 2 atom stereocenters. The van der Waals surface area contributed by atoms with Gasteiger partial charge in [-0.2, -0.15) is 0 Å². The smallest absolute Gasteiger partial charge is 0.418 e. The molecular weight excluding hydrogens is 562 g/mol. The van der Waals surface area contributed by atoms with Crippen LogP contribution in [0.2, 0.25) is 0 Å². The van der Waals surface area contributed by atoms with E-state index in [9.17, 15) is 14.4 Å². The number of hydrogen-bond donors (Lipinski definition) is 2. The molecule has 3 amide bonds. The molecule has 0 aliphatic carbocycles. The largest absolute Gasteiger partial charge is 0.457 e. The van der Waals surface area contributed by atoms with Gasteiger partial charge in [-0.1, -0.05) is 74.7 Å². The fraction of sp³-hybridized carbons (Fsp3) is 0.382. The van der Waals surface area contributed by atoms with Crippen LogP contribution in [0, 0.1) is 5.92 Å². The molecule has 0 radical (unpaired) electrons. The summed E-state index contributed by atoms with van der Waals surface area (Å²) in [5.41, 5.74) is 0.913. The maximum atomic E-state index is 13.2. The Labute approximate surface area is 258 Å². The van der Waals surface area contributed by atoms with E-state index in [2.05, 4.69) is 17.6 Å². The molecule has 0 bridgehead atoms. The van der Waals surface area contributed by atoms with Crippen LogP contribution >= 0.6 is 0 Å². The Balaban J connectivity index is 1.32. The number of nitrogens with one attached hydrogen (secondary N) is 2. The van der Waals surface area contributed by atoms with Gasteiger partial charge in [0.2, 0.25) is 0 Å². The molecule has 0 spiro atoms. The van der Waals surface area contributed by atoms with Gasteiger partial charge in [0.15, 0.2) is 6.23 Å². The molecule has 2 N–H and O–H groups in total. The number of alkyl carbamates (subject to hydrolysis) is 2. The maximum Gasteiger partial charge on any atom is 0.418 e. The average Bonchev–Trinajstić information content (AvgIpc) is 3.04. The number of para-hydroxylation sites is 1. The zero-order valence-electron chi connectivity index (χ0n) is 25.1. The summed E-state index contributed by atoms with van der Waals surface area (Å²) >= 11 is 0. The zero-order chi connectivity index (χ0) is 31.0. The second kappa shape index (κ2) is 17.4. The third-order valence-electron chi connectivity index (χ3n) is 7.18. The molecule has 3 aromatic carbocycles. The molecule has 1 fully saturated rings. The molecular formula is C34H41N3O7. The van der Waals surface area contributed by atoms with Gasteiger partial charge in [-0.3, -0.25) is 4.90 Å². The van der Waals surface area contributed by atoms with Crippen LogP contribution in [0.15, 0.2) is 84.9 Å². The van der Waals surface area contributed by atoms with E-state index in [4.69, 9.17) is 18.9 Å². The second-order valence-corrected chi connectivity index (χ2v) is 10.6. The van der Waals surface area contributed by atoms with Crippen LogP contribution in [0.5, 0.6) is 17.2 Å². The molecule has 10 heteroatoms. The lowest BCUT2D eigenvalue weighted by Crippen LogP contribution is -2.51. The monoisotopic (exact) mass is 603 g/mol. The van der Waals surface area contributed by atoms with Crippen LogP contribution in [0.4, 0.5) is 14.4 Å². The molecule has 234 valence electrons. The molecule has 1 aliphatic rings. The number of carbonyl (C=O) groups excluding carboxylic acids is 3. The highest BCUT2D eigenvalue weighted by Crippen LogP contribution is 2.27. The van der Waals surface area contributed by atoms with Gasteiger partial charge in [-0.25, -0.2) is 14.4 Å². The SMILES string of the molecule is CCCCCCNC(=O)OCC1CCN(C(=O)Oc2ccc(Oc3ccccc3)cc2)C(OC(=O)NCc2ccccc2)C1. The number of ether oxygens (including phenoxy) is 4. The summed E-state index contributed by atoms with van der Waals surface area (Å²) < 4.78 is 22.6. The molecule has 0 saturated carbocycles. The Kier molecular flexibility index (Phi) is 12.7. The highest BCUT2D eigenvalue weighted by molar-refractivity contribution is 5.72. The van der Waals surface area contributed by atoms with E-state index in [1.165, 1.54) is 4.90 Å². The minimum Gasteiger partial charge on any atom is -0.457 e. The van der Waals surface area contributed by atoms with E-state index in [1.54, 1.807) is 24.3 Å². The van der Waals surface area contributed by atoms with Crippen molar-refractivity contribution in [1.29, 1.82) is 0 Å². The summed E-state index contributed by atoms with van der Waals surface area (Å²) in [4.78, 5) is 39.6. The Morgan fingerprint density at radius 1 is 0.795 bits per heavy atom. The van der Waals surface area contributed by atoms with Crippen LogP contribution in [0.1, 0.15) is 51.0 Å². The van der Waals surface area contributed by atoms with Crippen molar-refractivity contribution >= 4 is 18.3 Å². The topological polar surface area (TPSA) is 115 Å². The number of likely N-dealkylation sites (tertiary alicyclic amines) is 1. The number of piperidine rings is 1. The first-order chi connectivity index (χ1) is 21.5. The Bertz CT molecular complexity index is 1310. The van der Waals surface area contributed by atoms with Gasteiger partial charge in [0.25, 0.3) is 0 Å². The van der Waals surface area contributed by atoms with Crippen molar-refractivity contribution < 1.29 is 33.3 Å². The lowest BCUT2D eigenvalue weighted by molar-refractivity contribution is -0.0459. The third-order valence-corrected chi connectivity index (χ3v) is 7.18. The number of nitrogens with zero attached hydrogens (tertiary/aromatic N) is 1. The molecule has 0 aromatic heterocycles. The van der Waals surface area contributed by atoms with E-state index >= 15 is 0 Å². The van der Waals surface area contributed by atoms with E-state index in [0.29, 0.717) is 36.6 Å². The highest BCUT2D eigenvalue weighted by atomic mass is 16.6. The lowest BCUT2D eigenvalue weighted by Gasteiger charge is -2.37. The van der Waals surface area contributed by atoms with E-state index in [-0.39, 0.29) is 25.6 Å². The summed E-state index contributed by atoms with van der Waals surface area (Å²) in [5.74, 6) is 1.51. The first-order valence-electron chi connectivity index (χ1n) is 15.2. The fourth-order valence-electron chi connectivity index (χ4n) is 4.75. The number of amides is 3. The second-order valence-electron chi connectivity index (χ2n) is 10.6. The van der Waals surface area contributed by atoms with Crippen molar-refractivity contribution in [2.75, 3.05) is 19.7 Å². The maximum absolute atomic E-state index is 13.2. The molecule has 3 aromatic rings. The van der Waals surface area contributed by atoms with Crippen molar-refractivity contribution in [2.24, 2.45) is 5.92 Å². The Morgan fingerprint density at radius 2 is 1.48 bits per heavy atom. The van der Waals surface area contributed by atoms with Crippen molar-refractivity contribution in [1.82, 2.24) is 15.5 Å². The van der Waals surface area contributed by atoms with Gasteiger partial charge in [0.1, 0.15) is 17.2 Å². The highest BCUT2D eigenvalue weighted by Gasteiger charge is 2.36. The summed E-state index contributed by atoms with van der Waals surface area (Å²) in [5, 5.41) is 5.51. The Morgan fingerprint density at radius 3 is 2.20 bits per heavy atom. The predicted octanol–water partition coefficient (Wildman–Crippen LogP) is 7.25. The molecule has 1 heterocycles. The van der Waals surface area contributed by atoms with Gasteiger partial charge >= 0.3 is 18.3 Å². The summed E-state index contributed by atoms with van der Waals surface area (Å²) in [6, 6.07) is 25.5. The minimum atomic E-state index is -0.904. The minimum absolute atomic E-state index is 0.105. The van der Waals surface area contributed by atoms with Gasteiger partial charge < -0.3 is 29.6 Å². The number of benzene rings is 3. The van der Waals surface area contributed by atoms with Crippen LogP contribution in [0.3, 0.4) is 0 Å². The number of unbranched alkanes of at least 4 members (excludes halogenated alkanes) is 3. The van der Waals surface area contributed by atoms with Crippen molar-refractivity contribution in [2.45, 2.75) is 58.2 Å². The molecule has 2 unspecified atom stereocenters. The number of rotatable bonds is 13. The standard InChI is InChI=1S/C34H41N3O7/c1-2-3-4-11-21-35-32(38)41-25-27-20-22-37(31(23-27)44-33(39)36-24-26-12-7-5-8-13-26)34(40)43-30-18-16-29(17-19-30)42-28-14-9-6-10-15-28/h5-10,12-19,27,31H,2-4,11,20-25H2,1H3,(H,35,38)(H,36,39). The Hall–Kier alpha value is -4.73. The first-order valence-corrected chi connectivity index (χ1v) is 15.2. The van der Waals surface area contributed by atoms with Crippen LogP contribution in [-0.2, 0) is 16.0 Å². The van der Waals surface area contributed by atoms with Gasteiger partial charge in [0.05, 0.1) is 6.61 Å². The van der Waals surface area contributed by atoms with E-state index < -0.39 is 24.5 Å². The van der Waals surface area contributed by atoms with Gasteiger partial charge in [0, 0.05) is 32.0 Å². The predicted molar refractivity (Wildman–Crippen MR) is 165 cm³/mol. The van der Waals surface area contributed by atoms with Crippen molar-refractivity contribution in [3.63, 3.8) is 0 Å². The lowest BCUT2D eigenvalue weighted by atomic mass is 9.96.